The van der Waals surface area contributed by atoms with E-state index < -0.39 is 40.3 Å². The van der Waals surface area contributed by atoms with Gasteiger partial charge in [0.05, 0.1) is 17.5 Å². The number of likely N-dealkylation sites (N-methyl/N-ethyl adjacent to an activating group) is 1. The molecule has 32 heavy (non-hydrogen) atoms. The molecule has 0 aliphatic carbocycles. The molecule has 2 N–H and O–H groups in total. The zero-order chi connectivity index (χ0) is 23.7. The van der Waals surface area contributed by atoms with E-state index in [1.807, 2.05) is 0 Å². The molecule has 0 saturated carbocycles. The maximum Gasteiger partial charge on any atom is 0.459 e. The molecule has 0 amide bonds. The zero-order valence-electron chi connectivity index (χ0n) is 16.8. The Morgan fingerprint density at radius 3 is 2.34 bits per heavy atom. The lowest BCUT2D eigenvalue weighted by atomic mass is 9.96. The van der Waals surface area contributed by atoms with E-state index in [0.717, 1.165) is 4.31 Å². The van der Waals surface area contributed by atoms with Crippen LogP contribution in [0.15, 0.2) is 58.5 Å². The van der Waals surface area contributed by atoms with Crippen molar-refractivity contribution in [1.82, 2.24) is 9.73 Å². The second-order valence-corrected chi connectivity index (χ2v) is 9.26. The van der Waals surface area contributed by atoms with Gasteiger partial charge in [0.15, 0.2) is 0 Å². The van der Waals surface area contributed by atoms with Crippen LogP contribution >= 0.6 is 0 Å². The third-order valence-corrected chi connectivity index (χ3v) is 6.90. The Labute approximate surface area is 181 Å². The first kappa shape index (κ1) is 24.1. The zero-order valence-corrected chi connectivity index (χ0v) is 17.6. The lowest BCUT2D eigenvalue weighted by Crippen LogP contribution is -2.43. The Morgan fingerprint density at radius 1 is 1.09 bits per heavy atom. The molecular weight excluding hydrogens is 457 g/mol. The van der Waals surface area contributed by atoms with Gasteiger partial charge >= 0.3 is 12.1 Å². The van der Waals surface area contributed by atoms with Crippen LogP contribution < -0.4 is 5.43 Å². The van der Waals surface area contributed by atoms with Crippen molar-refractivity contribution in [2.24, 2.45) is 5.10 Å². The van der Waals surface area contributed by atoms with Gasteiger partial charge < -0.3 is 10.5 Å². The molecule has 1 aliphatic heterocycles. The summed E-state index contributed by atoms with van der Waals surface area (Å²) >= 11 is 0. The fourth-order valence-electron chi connectivity index (χ4n) is 3.21. The van der Waals surface area contributed by atoms with Crippen LogP contribution in [0.2, 0.25) is 0 Å². The Kier molecular flexibility index (Phi) is 6.59. The smallest absolute Gasteiger partial charge is 0.395 e. The molecule has 0 aromatic heterocycles. The van der Waals surface area contributed by atoms with Gasteiger partial charge in [-0.1, -0.05) is 30.3 Å². The van der Waals surface area contributed by atoms with E-state index in [0.29, 0.717) is 16.7 Å². The molecular formula is C20H20F5N3O3S. The summed E-state index contributed by atoms with van der Waals surface area (Å²) in [4.78, 5) is -0.00853. The van der Waals surface area contributed by atoms with Gasteiger partial charge in [0, 0.05) is 20.0 Å². The molecule has 1 atom stereocenters. The average molecular weight is 477 g/mol. The van der Waals surface area contributed by atoms with Crippen molar-refractivity contribution < 1.29 is 35.5 Å². The van der Waals surface area contributed by atoms with Gasteiger partial charge in [0.2, 0.25) is 10.0 Å². The molecule has 1 aliphatic rings. The molecule has 6 nitrogen and oxygen atoms in total. The molecule has 3 rings (SSSR count). The summed E-state index contributed by atoms with van der Waals surface area (Å²) in [6.07, 6.45) is -6.37. The number of hydrogen-bond donors (Lipinski definition) is 2. The number of nitrogens with one attached hydrogen (secondary N) is 1. The van der Waals surface area contributed by atoms with Crippen LogP contribution in [-0.4, -0.2) is 55.8 Å². The van der Waals surface area contributed by atoms with E-state index in [-0.39, 0.29) is 18.0 Å². The Morgan fingerprint density at radius 2 is 1.72 bits per heavy atom. The molecule has 0 fully saturated rings. The fourth-order valence-corrected chi connectivity index (χ4v) is 4.42. The van der Waals surface area contributed by atoms with Crippen LogP contribution in [0.4, 0.5) is 22.0 Å². The maximum absolute atomic E-state index is 13.6. The van der Waals surface area contributed by atoms with Crippen LogP contribution in [0.1, 0.15) is 18.0 Å². The van der Waals surface area contributed by atoms with Gasteiger partial charge in [-0.3, -0.25) is 0 Å². The van der Waals surface area contributed by atoms with Gasteiger partial charge in [-0.15, -0.1) is 0 Å². The summed E-state index contributed by atoms with van der Waals surface area (Å²) < 4.78 is 91.2. The molecule has 2 aromatic rings. The highest BCUT2D eigenvalue weighted by atomic mass is 32.2. The van der Waals surface area contributed by atoms with E-state index in [1.165, 1.54) is 25.2 Å². The number of nitrogens with zero attached hydrogens (tertiary/aromatic N) is 2. The molecule has 0 saturated heterocycles. The van der Waals surface area contributed by atoms with Gasteiger partial charge in [-0.2, -0.15) is 31.4 Å². The maximum atomic E-state index is 13.6. The van der Waals surface area contributed by atoms with Crippen LogP contribution in [-0.2, 0) is 10.0 Å². The minimum atomic E-state index is -5.74. The third kappa shape index (κ3) is 4.62. The van der Waals surface area contributed by atoms with Crippen molar-refractivity contribution in [2.45, 2.75) is 29.5 Å². The molecule has 0 radical (unpaired) electrons. The van der Waals surface area contributed by atoms with Crippen molar-refractivity contribution in [3.63, 3.8) is 0 Å². The molecule has 2 aromatic carbocycles. The number of alkyl halides is 5. The molecule has 0 bridgehead atoms. The van der Waals surface area contributed by atoms with Gasteiger partial charge in [0.25, 0.3) is 0 Å². The highest BCUT2D eigenvalue weighted by Gasteiger charge is 2.62. The van der Waals surface area contributed by atoms with Crippen LogP contribution in [0.3, 0.4) is 0 Å². The van der Waals surface area contributed by atoms with E-state index in [9.17, 15) is 30.4 Å². The predicted octanol–water partition coefficient (Wildman–Crippen LogP) is 3.55. The summed E-state index contributed by atoms with van der Waals surface area (Å²) in [5.74, 6) is -5.03. The average Bonchev–Trinajstić information content (AvgIpc) is 3.24. The standard InChI is InChI=1S/C20H20F5N3O3S/c1-28(8-9-29)32(30,31)16-7-3-5-14(11-16)13-4-2-6-15(10-13)17-12-18(27-26-17)19(21,22)20(23,24)25/h2-7,10-11,17,26,29H,8-9,12H2,1H3. The number of sulfonamides is 1. The minimum Gasteiger partial charge on any atom is -0.395 e. The van der Waals surface area contributed by atoms with Crippen molar-refractivity contribution in [2.75, 3.05) is 20.2 Å². The molecule has 1 unspecified atom stereocenters. The third-order valence-electron chi connectivity index (χ3n) is 5.05. The number of aliphatic hydroxyl groups is 1. The SMILES string of the molecule is CN(CCO)S(=O)(=O)c1cccc(-c2cccc(C3CC(C(F)(F)C(F)(F)F)=NN3)c2)c1. The van der Waals surface area contributed by atoms with Crippen molar-refractivity contribution in [1.29, 1.82) is 0 Å². The molecule has 12 heteroatoms. The summed E-state index contributed by atoms with van der Waals surface area (Å²) in [5.41, 5.74) is 2.50. The number of rotatable bonds is 7. The normalized spacial score (nSPS) is 17.4. The van der Waals surface area contributed by atoms with Gasteiger partial charge in [0.1, 0.15) is 5.71 Å². The van der Waals surface area contributed by atoms with E-state index >= 15 is 0 Å². The Hall–Kier alpha value is -2.57. The van der Waals surface area contributed by atoms with Gasteiger partial charge in [-0.25, -0.2) is 8.42 Å². The second kappa shape index (κ2) is 8.75. The van der Waals surface area contributed by atoms with Crippen LogP contribution in [0, 0.1) is 0 Å². The summed E-state index contributed by atoms with van der Waals surface area (Å²) in [7, 11) is -2.51. The van der Waals surface area contributed by atoms with Crippen molar-refractivity contribution in [3.8, 4) is 11.1 Å². The Bertz CT molecular complexity index is 1120. The Balaban J connectivity index is 1.86. The van der Waals surface area contributed by atoms with Gasteiger partial charge in [-0.05, 0) is 34.9 Å². The summed E-state index contributed by atoms with van der Waals surface area (Å²) in [6, 6.07) is 11.5. The number of hydrazone groups is 1. The predicted molar refractivity (Wildman–Crippen MR) is 108 cm³/mol. The number of aliphatic hydroxyl groups excluding tert-OH is 1. The van der Waals surface area contributed by atoms with E-state index in [1.54, 1.807) is 30.3 Å². The van der Waals surface area contributed by atoms with Crippen molar-refractivity contribution >= 4 is 15.7 Å². The van der Waals surface area contributed by atoms with Crippen LogP contribution in [0.25, 0.3) is 11.1 Å². The number of hydrogen-bond acceptors (Lipinski definition) is 5. The molecule has 174 valence electrons. The second-order valence-electron chi connectivity index (χ2n) is 7.22. The van der Waals surface area contributed by atoms with E-state index in [2.05, 4.69) is 10.5 Å². The lowest BCUT2D eigenvalue weighted by Gasteiger charge is -2.19. The number of benzene rings is 2. The largest absolute Gasteiger partial charge is 0.459 e. The summed E-state index contributed by atoms with van der Waals surface area (Å²) in [5, 5.41) is 12.2. The summed E-state index contributed by atoms with van der Waals surface area (Å²) in [6.45, 7) is -0.427. The minimum absolute atomic E-state index is 0.00853. The highest BCUT2D eigenvalue weighted by molar-refractivity contribution is 7.89. The molecule has 0 spiro atoms. The first-order valence-corrected chi connectivity index (χ1v) is 10.9. The van der Waals surface area contributed by atoms with Crippen LogP contribution in [0.5, 0.6) is 0 Å². The van der Waals surface area contributed by atoms with E-state index in [4.69, 9.17) is 5.11 Å². The van der Waals surface area contributed by atoms with Crippen molar-refractivity contribution in [3.05, 3.63) is 54.1 Å². The quantitative estimate of drug-likeness (QED) is 0.598. The first-order valence-electron chi connectivity index (χ1n) is 9.42. The topological polar surface area (TPSA) is 82.0 Å². The molecule has 1 heterocycles. The number of halogens is 5. The fraction of sp³-hybridized carbons (Fsp3) is 0.350. The first-order chi connectivity index (χ1) is 14.9. The monoisotopic (exact) mass is 477 g/mol. The lowest BCUT2D eigenvalue weighted by molar-refractivity contribution is -0.249. The highest BCUT2D eigenvalue weighted by Crippen LogP contribution is 2.40.